The van der Waals surface area contributed by atoms with Crippen LogP contribution in [0.2, 0.25) is 0 Å². The molecule has 0 saturated carbocycles. The molecule has 13 nitrogen and oxygen atoms in total. The predicted octanol–water partition coefficient (Wildman–Crippen LogP) is 0.784. The average molecular weight is 595 g/mol. The highest BCUT2D eigenvalue weighted by molar-refractivity contribution is 5.98. The first-order chi connectivity index (χ1) is 20.7. The lowest BCUT2D eigenvalue weighted by Crippen LogP contribution is -2.56. The van der Waals surface area contributed by atoms with Gasteiger partial charge in [0.05, 0.1) is 36.6 Å². The van der Waals surface area contributed by atoms with Crippen molar-refractivity contribution >= 4 is 34.7 Å². The molecular formula is C30H38N6O7. The first-order valence-electron chi connectivity index (χ1n) is 14.6. The number of para-hydroxylation sites is 1. The molecule has 3 aliphatic heterocycles. The molecule has 3 fully saturated rings. The smallest absolute Gasteiger partial charge is 0.312 e. The zero-order valence-electron chi connectivity index (χ0n) is 24.3. The third-order valence-electron chi connectivity index (χ3n) is 8.51. The molecule has 1 aromatic heterocycles. The first kappa shape index (κ1) is 30.4. The molecule has 0 radical (unpaired) electrons. The van der Waals surface area contributed by atoms with Gasteiger partial charge < -0.3 is 29.7 Å². The van der Waals surface area contributed by atoms with Crippen LogP contribution in [0.25, 0.3) is 11.0 Å². The van der Waals surface area contributed by atoms with Gasteiger partial charge in [0.15, 0.2) is 0 Å². The highest BCUT2D eigenvalue weighted by atomic mass is 16.6. The van der Waals surface area contributed by atoms with Crippen LogP contribution in [0, 0.1) is 11.8 Å². The summed E-state index contributed by atoms with van der Waals surface area (Å²) < 4.78 is 13.7. The molecular weight excluding hydrogens is 556 g/mol. The molecule has 1 spiro atoms. The minimum atomic E-state index is -1.25. The minimum Gasteiger partial charge on any atom is -0.460 e. The van der Waals surface area contributed by atoms with Crippen molar-refractivity contribution in [3.05, 3.63) is 49.6 Å². The summed E-state index contributed by atoms with van der Waals surface area (Å²) in [5, 5.41) is 21.0. The lowest BCUT2D eigenvalue weighted by molar-refractivity contribution is -0.159. The lowest BCUT2D eigenvalue weighted by Gasteiger charge is -2.36. The van der Waals surface area contributed by atoms with Crippen molar-refractivity contribution in [2.24, 2.45) is 11.8 Å². The molecule has 3 saturated heterocycles. The SMILES string of the molecule is C=CCCC(=O)NC[C@H](C)OC(=O)[C@@H]1[C@H]2C(=O)N(CCO)[C@H](C(=O)N(CC=C)Cn3nnc4ccccc43)[C@]23CC[C@H]1O3. The van der Waals surface area contributed by atoms with Crippen LogP contribution in [0.15, 0.2) is 49.6 Å². The fourth-order valence-electron chi connectivity index (χ4n) is 6.68. The first-order valence-corrected chi connectivity index (χ1v) is 14.6. The molecule has 3 aliphatic rings. The Balaban J connectivity index is 1.37. The van der Waals surface area contributed by atoms with Crippen LogP contribution in [-0.2, 0) is 35.3 Å². The van der Waals surface area contributed by atoms with Crippen LogP contribution in [0.3, 0.4) is 0 Å². The number of carbonyl (C=O) groups is 4. The highest BCUT2D eigenvalue weighted by Crippen LogP contribution is 2.58. The number of ether oxygens (including phenoxy) is 2. The number of fused-ring (bicyclic) bond motifs is 2. The van der Waals surface area contributed by atoms with Crippen LogP contribution in [0.4, 0.5) is 0 Å². The quantitative estimate of drug-likeness (QED) is 0.238. The maximum absolute atomic E-state index is 14.3. The number of rotatable bonds is 14. The van der Waals surface area contributed by atoms with Crippen LogP contribution in [0.1, 0.15) is 32.6 Å². The molecule has 6 atom stereocenters. The maximum Gasteiger partial charge on any atom is 0.312 e. The van der Waals surface area contributed by atoms with E-state index in [0.717, 1.165) is 5.52 Å². The van der Waals surface area contributed by atoms with E-state index in [2.05, 4.69) is 28.8 Å². The zero-order valence-corrected chi connectivity index (χ0v) is 24.3. The van der Waals surface area contributed by atoms with Crippen molar-refractivity contribution in [1.29, 1.82) is 0 Å². The molecule has 13 heteroatoms. The molecule has 2 aromatic rings. The minimum absolute atomic E-state index is 0.0503. The van der Waals surface area contributed by atoms with Gasteiger partial charge in [-0.05, 0) is 38.3 Å². The maximum atomic E-state index is 14.3. The molecule has 1 aromatic carbocycles. The van der Waals surface area contributed by atoms with Gasteiger partial charge in [-0.3, -0.25) is 19.2 Å². The number of hydrogen-bond acceptors (Lipinski definition) is 9. The molecule has 3 amide bonds. The van der Waals surface area contributed by atoms with Crippen LogP contribution >= 0.6 is 0 Å². The third kappa shape index (κ3) is 5.54. The average Bonchev–Trinajstić information content (AvgIpc) is 3.74. The van der Waals surface area contributed by atoms with Gasteiger partial charge in [-0.1, -0.05) is 29.5 Å². The van der Waals surface area contributed by atoms with E-state index < -0.39 is 53.5 Å². The normalized spacial score (nSPS) is 26.3. The van der Waals surface area contributed by atoms with E-state index in [1.54, 1.807) is 23.8 Å². The van der Waals surface area contributed by atoms with E-state index in [1.165, 1.54) is 9.80 Å². The number of benzene rings is 1. The standard InChI is InChI=1S/C30H38N6O7/c1-4-6-11-23(38)31-17-19(3)42-29(41)24-22-12-13-30(43-22)25(24)27(39)35(15-16-37)26(30)28(40)34(14-5-2)18-36-21-10-8-7-9-20(21)32-33-36/h4-5,7-10,19,22,24-26,37H,1-2,6,11-18H2,3H3,(H,31,38)/t19-,22+,24-,25-,26+,30-/m0/s1. The van der Waals surface area contributed by atoms with Crippen molar-refractivity contribution in [2.45, 2.75) is 63.1 Å². The second-order valence-electron chi connectivity index (χ2n) is 11.3. The summed E-state index contributed by atoms with van der Waals surface area (Å²) in [7, 11) is 0. The number of hydrogen-bond donors (Lipinski definition) is 2. The summed E-state index contributed by atoms with van der Waals surface area (Å²) in [4.78, 5) is 56.6. The number of allylic oxidation sites excluding steroid dienone is 1. The Morgan fingerprint density at radius 3 is 2.84 bits per heavy atom. The summed E-state index contributed by atoms with van der Waals surface area (Å²) in [6, 6.07) is 6.31. The summed E-state index contributed by atoms with van der Waals surface area (Å²) in [6.07, 6.45) is 3.71. The fraction of sp³-hybridized carbons (Fsp3) is 0.533. The van der Waals surface area contributed by atoms with Crippen LogP contribution in [0.5, 0.6) is 0 Å². The number of amides is 3. The summed E-state index contributed by atoms with van der Waals surface area (Å²) in [5.41, 5.74) is 0.167. The van der Waals surface area contributed by atoms with Gasteiger partial charge >= 0.3 is 5.97 Å². The lowest BCUT2D eigenvalue weighted by atomic mass is 9.70. The molecule has 230 valence electrons. The van der Waals surface area contributed by atoms with Gasteiger partial charge in [-0.15, -0.1) is 18.3 Å². The largest absolute Gasteiger partial charge is 0.460 e. The van der Waals surface area contributed by atoms with Crippen molar-refractivity contribution in [2.75, 3.05) is 26.2 Å². The Bertz CT molecular complexity index is 1410. The van der Waals surface area contributed by atoms with Gasteiger partial charge in [0.2, 0.25) is 17.7 Å². The molecule has 43 heavy (non-hydrogen) atoms. The molecule has 0 aliphatic carbocycles. The Hall–Kier alpha value is -4.10. The van der Waals surface area contributed by atoms with Crippen molar-refractivity contribution in [3.8, 4) is 0 Å². The van der Waals surface area contributed by atoms with Crippen LogP contribution < -0.4 is 5.32 Å². The second kappa shape index (κ2) is 12.6. The van der Waals surface area contributed by atoms with E-state index in [9.17, 15) is 24.3 Å². The number of nitrogens with one attached hydrogen (secondary N) is 1. The number of aliphatic hydroxyl groups excluding tert-OH is 1. The molecule has 2 N–H and O–H groups in total. The van der Waals surface area contributed by atoms with E-state index in [0.29, 0.717) is 24.8 Å². The Morgan fingerprint density at radius 1 is 1.30 bits per heavy atom. The number of nitrogens with zero attached hydrogens (tertiary/aromatic N) is 5. The fourth-order valence-corrected chi connectivity index (χ4v) is 6.68. The zero-order chi connectivity index (χ0) is 30.7. The topological polar surface area (TPSA) is 156 Å². The monoisotopic (exact) mass is 594 g/mol. The Labute approximate surface area is 249 Å². The Morgan fingerprint density at radius 2 is 2.09 bits per heavy atom. The number of aliphatic hydroxyl groups is 1. The van der Waals surface area contributed by atoms with Gasteiger partial charge in [0.25, 0.3) is 0 Å². The number of β-amino-alcohol motifs (C(OH)–C–C–N with tert-alkyl or cyclic N) is 1. The van der Waals surface area contributed by atoms with Crippen molar-refractivity contribution in [1.82, 2.24) is 30.1 Å². The van der Waals surface area contributed by atoms with Gasteiger partial charge in [0.1, 0.15) is 29.9 Å². The number of aromatic nitrogens is 3. The molecule has 4 heterocycles. The van der Waals surface area contributed by atoms with E-state index >= 15 is 0 Å². The van der Waals surface area contributed by atoms with Crippen molar-refractivity contribution in [3.63, 3.8) is 0 Å². The molecule has 2 bridgehead atoms. The van der Waals surface area contributed by atoms with Gasteiger partial charge in [-0.25, -0.2) is 4.68 Å². The van der Waals surface area contributed by atoms with Gasteiger partial charge in [0, 0.05) is 19.5 Å². The van der Waals surface area contributed by atoms with E-state index in [1.807, 2.05) is 24.3 Å². The second-order valence-corrected chi connectivity index (χ2v) is 11.3. The Kier molecular flexibility index (Phi) is 8.92. The summed E-state index contributed by atoms with van der Waals surface area (Å²) >= 11 is 0. The highest BCUT2D eigenvalue weighted by Gasteiger charge is 2.75. The van der Waals surface area contributed by atoms with Crippen molar-refractivity contribution < 1.29 is 33.8 Å². The number of esters is 1. The molecule has 5 rings (SSSR count). The van der Waals surface area contributed by atoms with Gasteiger partial charge in [-0.2, -0.15) is 0 Å². The third-order valence-corrected chi connectivity index (χ3v) is 8.51. The van der Waals surface area contributed by atoms with Crippen LogP contribution in [-0.4, -0.2) is 104 Å². The van der Waals surface area contributed by atoms with E-state index in [-0.39, 0.29) is 45.2 Å². The predicted molar refractivity (Wildman–Crippen MR) is 154 cm³/mol. The number of likely N-dealkylation sites (tertiary alicyclic amines) is 1. The van der Waals surface area contributed by atoms with E-state index in [4.69, 9.17) is 9.47 Å². The summed E-state index contributed by atoms with van der Waals surface area (Å²) in [5.74, 6) is -3.45. The molecule has 0 unspecified atom stereocenters. The number of carbonyl (C=O) groups excluding carboxylic acids is 4. The summed E-state index contributed by atoms with van der Waals surface area (Å²) in [6.45, 7) is 8.94.